The lowest BCUT2D eigenvalue weighted by molar-refractivity contribution is -0.135. The molecule has 2 aliphatic heterocycles. The molecule has 1 fully saturated rings. The third-order valence-corrected chi connectivity index (χ3v) is 4.68. The van der Waals surface area contributed by atoms with E-state index in [0.717, 1.165) is 0 Å². The number of hydrogen-bond donors (Lipinski definition) is 0. The van der Waals surface area contributed by atoms with Gasteiger partial charge in [-0.15, -0.1) is 0 Å². The molecule has 2 aromatic carbocycles. The smallest absolute Gasteiger partial charge is 0.294 e. The van der Waals surface area contributed by atoms with Crippen LogP contribution in [0.5, 0.6) is 5.75 Å². The van der Waals surface area contributed by atoms with Crippen molar-refractivity contribution < 1.29 is 23.5 Å². The molecule has 28 heavy (non-hydrogen) atoms. The van der Waals surface area contributed by atoms with E-state index in [1.54, 1.807) is 47.4 Å². The minimum atomic E-state index is -0.483. The van der Waals surface area contributed by atoms with Gasteiger partial charge in [0.25, 0.3) is 5.91 Å². The van der Waals surface area contributed by atoms with Gasteiger partial charge in [-0.1, -0.05) is 30.3 Å². The van der Waals surface area contributed by atoms with Crippen molar-refractivity contribution >= 4 is 23.6 Å². The summed E-state index contributed by atoms with van der Waals surface area (Å²) in [6, 6.07) is 13.1. The van der Waals surface area contributed by atoms with E-state index < -0.39 is 11.7 Å². The van der Waals surface area contributed by atoms with Gasteiger partial charge in [0.05, 0.1) is 18.9 Å². The number of nitrogens with zero attached hydrogens (tertiary/aromatic N) is 2. The van der Waals surface area contributed by atoms with Crippen molar-refractivity contribution in [1.82, 2.24) is 4.90 Å². The van der Waals surface area contributed by atoms with E-state index in [9.17, 15) is 14.0 Å². The average Bonchev–Trinajstić information content (AvgIpc) is 2.73. The lowest BCUT2D eigenvalue weighted by atomic mass is 10.1. The third-order valence-electron chi connectivity index (χ3n) is 4.68. The summed E-state index contributed by atoms with van der Waals surface area (Å²) in [5, 5.41) is 0. The first-order valence-corrected chi connectivity index (χ1v) is 9.04. The molecule has 2 heterocycles. The van der Waals surface area contributed by atoms with Gasteiger partial charge in [-0.05, 0) is 24.3 Å². The summed E-state index contributed by atoms with van der Waals surface area (Å²) in [6.45, 7) is 1.84. The molecular formula is C21H19FN2O4. The number of carbonyl (C=O) groups excluding carboxylic acids is 2. The molecule has 0 radical (unpaired) electrons. The number of rotatable bonds is 3. The molecule has 0 atom stereocenters. The standard InChI is InChI=1S/C21H19FN2O4/c22-16-6-2-1-5-15(16)13-19-21(26)24(17-7-3-4-8-18(17)28-19)14-20(25)23-9-11-27-12-10-23/h1-8,13H,9-12,14H2/b19-13-. The van der Waals surface area contributed by atoms with Crippen LogP contribution >= 0.6 is 0 Å². The van der Waals surface area contributed by atoms with E-state index >= 15 is 0 Å². The molecule has 0 unspecified atom stereocenters. The fraction of sp³-hybridized carbons (Fsp3) is 0.238. The quantitative estimate of drug-likeness (QED) is 0.766. The van der Waals surface area contributed by atoms with Crippen LogP contribution in [0.25, 0.3) is 6.08 Å². The van der Waals surface area contributed by atoms with E-state index in [1.807, 2.05) is 0 Å². The van der Waals surface area contributed by atoms with Crippen molar-refractivity contribution in [3.05, 3.63) is 65.7 Å². The average molecular weight is 382 g/mol. The van der Waals surface area contributed by atoms with Crippen molar-refractivity contribution in [2.45, 2.75) is 0 Å². The lowest BCUT2D eigenvalue weighted by Crippen LogP contribution is -2.48. The van der Waals surface area contributed by atoms with Gasteiger partial charge in [0, 0.05) is 18.7 Å². The van der Waals surface area contributed by atoms with E-state index in [2.05, 4.69) is 0 Å². The van der Waals surface area contributed by atoms with Crippen LogP contribution < -0.4 is 9.64 Å². The first-order chi connectivity index (χ1) is 13.6. The Morgan fingerprint density at radius 3 is 2.57 bits per heavy atom. The molecule has 4 rings (SSSR count). The van der Waals surface area contributed by atoms with Gasteiger partial charge < -0.3 is 14.4 Å². The second kappa shape index (κ2) is 7.82. The monoisotopic (exact) mass is 382 g/mol. The molecular weight excluding hydrogens is 363 g/mol. The predicted octanol–water partition coefficient (Wildman–Crippen LogP) is 2.45. The Hall–Kier alpha value is -3.19. The fourth-order valence-corrected chi connectivity index (χ4v) is 3.20. The van der Waals surface area contributed by atoms with E-state index in [4.69, 9.17) is 9.47 Å². The van der Waals surface area contributed by atoms with E-state index in [1.165, 1.54) is 17.0 Å². The first-order valence-electron chi connectivity index (χ1n) is 9.04. The number of para-hydroxylation sites is 2. The maximum Gasteiger partial charge on any atom is 0.294 e. The van der Waals surface area contributed by atoms with Gasteiger partial charge in [0.1, 0.15) is 12.4 Å². The SMILES string of the molecule is O=C(CN1C(=O)/C(=C/c2ccccc2F)Oc2ccccc21)N1CCOCC1. The van der Waals surface area contributed by atoms with Gasteiger partial charge in [-0.2, -0.15) is 0 Å². The Balaban J connectivity index is 1.65. The van der Waals surface area contributed by atoms with Crippen LogP contribution in [-0.4, -0.2) is 49.6 Å². The van der Waals surface area contributed by atoms with Crippen LogP contribution in [0.2, 0.25) is 0 Å². The number of anilines is 1. The number of carbonyl (C=O) groups is 2. The molecule has 0 aromatic heterocycles. The van der Waals surface area contributed by atoms with Crippen molar-refractivity contribution in [2.75, 3.05) is 37.7 Å². The minimum absolute atomic E-state index is 0.0291. The summed E-state index contributed by atoms with van der Waals surface area (Å²) in [5.74, 6) is -0.693. The van der Waals surface area contributed by atoms with Crippen LogP contribution in [0.15, 0.2) is 54.3 Å². The number of halogens is 1. The summed E-state index contributed by atoms with van der Waals surface area (Å²) in [7, 11) is 0. The second-order valence-corrected chi connectivity index (χ2v) is 6.48. The van der Waals surface area contributed by atoms with Crippen LogP contribution in [0, 0.1) is 5.82 Å². The number of hydrogen-bond acceptors (Lipinski definition) is 4. The highest BCUT2D eigenvalue weighted by molar-refractivity contribution is 6.12. The Morgan fingerprint density at radius 2 is 1.79 bits per heavy atom. The van der Waals surface area contributed by atoms with Gasteiger partial charge in [0.2, 0.25) is 5.91 Å². The zero-order valence-corrected chi connectivity index (χ0v) is 15.1. The zero-order chi connectivity index (χ0) is 19.5. The summed E-state index contributed by atoms with van der Waals surface area (Å²) in [5.41, 5.74) is 0.754. The number of ether oxygens (including phenoxy) is 2. The molecule has 7 heteroatoms. The number of benzene rings is 2. The van der Waals surface area contributed by atoms with Crippen molar-refractivity contribution in [3.63, 3.8) is 0 Å². The normalized spacial score (nSPS) is 18.0. The highest BCUT2D eigenvalue weighted by Crippen LogP contribution is 2.35. The van der Waals surface area contributed by atoms with Crippen LogP contribution in [0.1, 0.15) is 5.56 Å². The molecule has 2 aromatic rings. The van der Waals surface area contributed by atoms with E-state index in [-0.39, 0.29) is 23.8 Å². The molecule has 0 saturated carbocycles. The van der Waals surface area contributed by atoms with Gasteiger partial charge >= 0.3 is 0 Å². The maximum absolute atomic E-state index is 14.0. The Bertz CT molecular complexity index is 938. The topological polar surface area (TPSA) is 59.1 Å². The second-order valence-electron chi connectivity index (χ2n) is 6.48. The summed E-state index contributed by atoms with van der Waals surface area (Å²) < 4.78 is 25.0. The highest BCUT2D eigenvalue weighted by Gasteiger charge is 2.33. The van der Waals surface area contributed by atoms with Gasteiger partial charge in [-0.25, -0.2) is 4.39 Å². The molecule has 144 valence electrons. The molecule has 0 bridgehead atoms. The van der Waals surface area contributed by atoms with Crippen LogP contribution in [-0.2, 0) is 14.3 Å². The number of morpholine rings is 1. The molecule has 0 spiro atoms. The summed E-state index contributed by atoms with van der Waals surface area (Å²) in [6.07, 6.45) is 1.36. The Labute approximate surface area is 161 Å². The van der Waals surface area contributed by atoms with Gasteiger partial charge in [-0.3, -0.25) is 14.5 Å². The maximum atomic E-state index is 14.0. The highest BCUT2D eigenvalue weighted by atomic mass is 19.1. The molecule has 0 N–H and O–H groups in total. The zero-order valence-electron chi connectivity index (χ0n) is 15.1. The largest absolute Gasteiger partial charge is 0.449 e. The predicted molar refractivity (Wildman–Crippen MR) is 101 cm³/mol. The van der Waals surface area contributed by atoms with E-state index in [0.29, 0.717) is 37.7 Å². The molecule has 2 aliphatic rings. The fourth-order valence-electron chi connectivity index (χ4n) is 3.20. The minimum Gasteiger partial charge on any atom is -0.449 e. The number of amides is 2. The molecule has 0 aliphatic carbocycles. The Kier molecular flexibility index (Phi) is 5.08. The van der Waals surface area contributed by atoms with Crippen molar-refractivity contribution in [3.8, 4) is 5.75 Å². The molecule has 2 amide bonds. The summed E-state index contributed by atoms with van der Waals surface area (Å²) >= 11 is 0. The van der Waals surface area contributed by atoms with Crippen LogP contribution in [0.4, 0.5) is 10.1 Å². The van der Waals surface area contributed by atoms with Crippen LogP contribution in [0.3, 0.4) is 0 Å². The van der Waals surface area contributed by atoms with Crippen molar-refractivity contribution in [1.29, 1.82) is 0 Å². The third kappa shape index (κ3) is 3.61. The lowest BCUT2D eigenvalue weighted by Gasteiger charge is -2.33. The molecule has 6 nitrogen and oxygen atoms in total. The molecule has 1 saturated heterocycles. The Morgan fingerprint density at radius 1 is 1.07 bits per heavy atom. The van der Waals surface area contributed by atoms with Gasteiger partial charge in [0.15, 0.2) is 11.5 Å². The number of fused-ring (bicyclic) bond motifs is 1. The summed E-state index contributed by atoms with van der Waals surface area (Å²) in [4.78, 5) is 28.8. The first kappa shape index (κ1) is 18.2. The van der Waals surface area contributed by atoms with Crippen molar-refractivity contribution in [2.24, 2.45) is 0 Å².